The van der Waals surface area contributed by atoms with Crippen molar-refractivity contribution < 1.29 is 34.8 Å². The number of aliphatic hydroxyl groups is 2. The molecule has 10 heteroatoms. The maximum absolute atomic E-state index is 12.1. The second kappa shape index (κ2) is 19.4. The molecule has 0 aliphatic rings. The van der Waals surface area contributed by atoms with E-state index >= 15 is 0 Å². The third kappa shape index (κ3) is 14.9. The van der Waals surface area contributed by atoms with Gasteiger partial charge in [-0.2, -0.15) is 0 Å². The Bertz CT molecular complexity index is 922. The molecule has 0 heterocycles. The first kappa shape index (κ1) is 33.4. The fraction of sp³-hybridized carbons (Fsp3) is 0.536. The molecule has 38 heavy (non-hydrogen) atoms. The van der Waals surface area contributed by atoms with Crippen molar-refractivity contribution in [2.24, 2.45) is 5.73 Å². The van der Waals surface area contributed by atoms with E-state index in [9.17, 15) is 24.6 Å². The van der Waals surface area contributed by atoms with Gasteiger partial charge in [-0.25, -0.2) is 0 Å². The van der Waals surface area contributed by atoms with E-state index < -0.39 is 47.9 Å². The molecule has 0 saturated carbocycles. The van der Waals surface area contributed by atoms with Crippen molar-refractivity contribution in [3.8, 4) is 0 Å². The van der Waals surface area contributed by atoms with Gasteiger partial charge in [-0.05, 0) is 43.2 Å². The predicted molar refractivity (Wildman–Crippen MR) is 151 cm³/mol. The highest BCUT2D eigenvalue weighted by Gasteiger charge is 2.25. The van der Waals surface area contributed by atoms with Crippen LogP contribution in [0.4, 0.5) is 0 Å². The fourth-order valence-corrected chi connectivity index (χ4v) is 4.89. The van der Waals surface area contributed by atoms with Crippen LogP contribution < -0.4 is 11.1 Å². The van der Waals surface area contributed by atoms with Gasteiger partial charge in [0, 0.05) is 12.2 Å². The highest BCUT2D eigenvalue weighted by atomic mass is 32.2. The number of carbonyl (C=O) groups is 3. The van der Waals surface area contributed by atoms with Crippen LogP contribution >= 0.6 is 11.8 Å². The van der Waals surface area contributed by atoms with Crippen molar-refractivity contribution in [1.82, 2.24) is 5.32 Å². The molecule has 0 radical (unpaired) electrons. The van der Waals surface area contributed by atoms with Gasteiger partial charge < -0.3 is 31.5 Å². The first-order valence-electron chi connectivity index (χ1n) is 13.0. The number of carbonyl (C=O) groups excluding carboxylic acids is 1. The number of hydrogen-bond acceptors (Lipinski definition) is 7. The van der Waals surface area contributed by atoms with Crippen LogP contribution in [0.1, 0.15) is 74.7 Å². The number of carboxylic acid groups (broad SMARTS) is 2. The molecule has 0 spiro atoms. The molecule has 0 aliphatic carbocycles. The van der Waals surface area contributed by atoms with Crippen LogP contribution in [0, 0.1) is 0 Å². The molecule has 0 saturated heterocycles. The number of rotatable bonds is 20. The van der Waals surface area contributed by atoms with Crippen molar-refractivity contribution in [2.45, 2.75) is 81.8 Å². The Morgan fingerprint density at radius 2 is 1.84 bits per heavy atom. The van der Waals surface area contributed by atoms with E-state index in [1.807, 2.05) is 36.4 Å². The normalized spacial score (nSPS) is 14.8. The minimum absolute atomic E-state index is 0.0702. The van der Waals surface area contributed by atoms with E-state index in [-0.39, 0.29) is 25.0 Å². The van der Waals surface area contributed by atoms with Gasteiger partial charge >= 0.3 is 11.9 Å². The van der Waals surface area contributed by atoms with E-state index in [0.717, 1.165) is 24.0 Å². The quantitative estimate of drug-likeness (QED) is 0.105. The molecular weight excluding hydrogens is 508 g/mol. The molecule has 0 aromatic heterocycles. The molecule has 0 fully saturated rings. The Labute approximate surface area is 229 Å². The highest BCUT2D eigenvalue weighted by Crippen LogP contribution is 2.35. The Morgan fingerprint density at radius 3 is 2.53 bits per heavy atom. The zero-order valence-corrected chi connectivity index (χ0v) is 22.8. The van der Waals surface area contributed by atoms with Crippen LogP contribution in [0.2, 0.25) is 0 Å². The number of allylic oxidation sites excluding steroid dienone is 1. The molecule has 212 valence electrons. The molecule has 1 aromatic carbocycles. The SMILES string of the molecule is CCCCC/C=C/CC(O)/C=C/c1cccc(C(SC[C@H](N)C(=O)NCC(=O)O)C(O)CCCC(=O)O)c1. The topological polar surface area (TPSA) is 170 Å². The summed E-state index contributed by atoms with van der Waals surface area (Å²) in [7, 11) is 0. The second-order valence-electron chi connectivity index (χ2n) is 9.12. The Morgan fingerprint density at radius 1 is 1.08 bits per heavy atom. The average molecular weight is 551 g/mol. The summed E-state index contributed by atoms with van der Waals surface area (Å²) in [5, 5.41) is 40.6. The molecular formula is C28H42N2O7S. The summed E-state index contributed by atoms with van der Waals surface area (Å²) >= 11 is 1.25. The van der Waals surface area contributed by atoms with Gasteiger partial charge in [0.1, 0.15) is 6.54 Å². The fourth-order valence-electron chi connectivity index (χ4n) is 3.63. The summed E-state index contributed by atoms with van der Waals surface area (Å²) in [5.74, 6) is -2.61. The molecule has 1 aromatic rings. The van der Waals surface area contributed by atoms with Gasteiger partial charge in [0.25, 0.3) is 0 Å². The summed E-state index contributed by atoms with van der Waals surface area (Å²) in [5.41, 5.74) is 7.51. The number of hydrogen-bond donors (Lipinski definition) is 6. The van der Waals surface area contributed by atoms with Gasteiger partial charge in [0.05, 0.1) is 23.5 Å². The van der Waals surface area contributed by atoms with Crippen LogP contribution in [0.15, 0.2) is 42.5 Å². The third-order valence-corrected chi connectivity index (χ3v) is 7.21. The van der Waals surface area contributed by atoms with E-state index in [2.05, 4.69) is 18.3 Å². The number of thioether (sulfide) groups is 1. The number of benzene rings is 1. The van der Waals surface area contributed by atoms with Gasteiger partial charge in [-0.15, -0.1) is 11.8 Å². The molecule has 7 N–H and O–H groups in total. The van der Waals surface area contributed by atoms with Gasteiger partial charge in [-0.1, -0.05) is 68.3 Å². The Hall–Kier alpha value is -2.66. The minimum Gasteiger partial charge on any atom is -0.481 e. The van der Waals surface area contributed by atoms with Crippen LogP contribution in [0.25, 0.3) is 6.08 Å². The predicted octanol–water partition coefficient (Wildman–Crippen LogP) is 3.51. The molecule has 1 rings (SSSR count). The van der Waals surface area contributed by atoms with Crippen LogP contribution in [-0.4, -0.2) is 68.8 Å². The van der Waals surface area contributed by atoms with Crippen molar-refractivity contribution in [3.05, 3.63) is 53.6 Å². The van der Waals surface area contributed by atoms with Crippen molar-refractivity contribution in [2.75, 3.05) is 12.3 Å². The van der Waals surface area contributed by atoms with Crippen molar-refractivity contribution >= 4 is 35.7 Å². The monoisotopic (exact) mass is 550 g/mol. The van der Waals surface area contributed by atoms with Crippen molar-refractivity contribution in [3.63, 3.8) is 0 Å². The van der Waals surface area contributed by atoms with Crippen LogP contribution in [-0.2, 0) is 14.4 Å². The number of aliphatic carboxylic acids is 2. The number of aliphatic hydroxyl groups excluding tert-OH is 2. The molecule has 1 amide bonds. The lowest BCUT2D eigenvalue weighted by Crippen LogP contribution is -2.44. The number of nitrogens with two attached hydrogens (primary N) is 1. The molecule has 4 atom stereocenters. The molecule has 9 nitrogen and oxygen atoms in total. The van der Waals surface area contributed by atoms with E-state index in [1.54, 1.807) is 6.08 Å². The van der Waals surface area contributed by atoms with Gasteiger partial charge in [0.2, 0.25) is 5.91 Å². The first-order valence-corrected chi connectivity index (χ1v) is 14.1. The van der Waals surface area contributed by atoms with E-state index in [0.29, 0.717) is 6.42 Å². The molecule has 3 unspecified atom stereocenters. The number of unbranched alkanes of at least 4 members (excludes halogenated alkanes) is 3. The van der Waals surface area contributed by atoms with Crippen molar-refractivity contribution in [1.29, 1.82) is 0 Å². The summed E-state index contributed by atoms with van der Waals surface area (Å²) in [6, 6.07) is 6.42. The maximum atomic E-state index is 12.1. The average Bonchev–Trinajstić information content (AvgIpc) is 2.88. The van der Waals surface area contributed by atoms with E-state index in [4.69, 9.17) is 15.9 Å². The lowest BCUT2D eigenvalue weighted by atomic mass is 10.0. The number of carboxylic acids is 2. The minimum atomic E-state index is -1.18. The number of amides is 1. The summed E-state index contributed by atoms with van der Waals surface area (Å²) < 4.78 is 0. The van der Waals surface area contributed by atoms with Gasteiger partial charge in [0.15, 0.2) is 0 Å². The lowest BCUT2D eigenvalue weighted by molar-refractivity contribution is -0.138. The summed E-state index contributed by atoms with van der Waals surface area (Å²) in [6.45, 7) is 1.63. The smallest absolute Gasteiger partial charge is 0.322 e. The summed E-state index contributed by atoms with van der Waals surface area (Å²) in [6.07, 6.45) is 11.6. The largest absolute Gasteiger partial charge is 0.481 e. The number of nitrogens with one attached hydrogen (secondary N) is 1. The first-order chi connectivity index (χ1) is 18.1. The van der Waals surface area contributed by atoms with Gasteiger partial charge in [-0.3, -0.25) is 14.4 Å². The third-order valence-electron chi connectivity index (χ3n) is 5.71. The second-order valence-corrected chi connectivity index (χ2v) is 10.3. The highest BCUT2D eigenvalue weighted by molar-refractivity contribution is 7.99. The van der Waals surface area contributed by atoms with Crippen LogP contribution in [0.3, 0.4) is 0 Å². The Balaban J connectivity index is 2.88. The zero-order chi connectivity index (χ0) is 28.3. The zero-order valence-electron chi connectivity index (χ0n) is 22.0. The lowest BCUT2D eigenvalue weighted by Gasteiger charge is -2.24. The maximum Gasteiger partial charge on any atom is 0.322 e. The molecule has 0 bridgehead atoms. The molecule has 0 aliphatic heterocycles. The van der Waals surface area contributed by atoms with Crippen LogP contribution in [0.5, 0.6) is 0 Å². The summed E-state index contributed by atoms with van der Waals surface area (Å²) in [4.78, 5) is 33.7. The Kier molecular flexibility index (Phi) is 17.0. The standard InChI is InChI=1S/C28H42N2O7S/c1-2-3-4-5-6-7-12-22(31)16-15-20-10-8-11-21(17-20)27(24(32)13-9-14-25(33)34)38-19-23(29)28(37)30-18-26(35)36/h6-8,10-11,15-17,22-24,27,31-32H,2-5,9,12-14,18-19,29H2,1H3,(H,30,37)(H,33,34)(H,35,36)/b7-6+,16-15+/t22?,23-,24?,27?/m0/s1. The van der Waals surface area contributed by atoms with E-state index in [1.165, 1.54) is 24.6 Å².